The van der Waals surface area contributed by atoms with Gasteiger partial charge in [-0.3, -0.25) is 0 Å². The Bertz CT molecular complexity index is 548. The fourth-order valence-corrected chi connectivity index (χ4v) is 2.34. The summed E-state index contributed by atoms with van der Waals surface area (Å²) in [5.41, 5.74) is 2.20. The van der Waals surface area contributed by atoms with E-state index < -0.39 is 0 Å². The fraction of sp³-hybridized carbons (Fsp3) is 0.214. The third-order valence-electron chi connectivity index (χ3n) is 2.63. The molecule has 19 heavy (non-hydrogen) atoms. The lowest BCUT2D eigenvalue weighted by molar-refractivity contribution is 0.970. The summed E-state index contributed by atoms with van der Waals surface area (Å²) in [6, 6.07) is 5.60. The third kappa shape index (κ3) is 4.27. The number of halogens is 3. The average molecular weight is 318 g/mol. The molecule has 0 N–H and O–H groups in total. The van der Waals surface area contributed by atoms with Crippen LogP contribution in [0.3, 0.4) is 0 Å². The first kappa shape index (κ1) is 16.1. The molecule has 0 atom stereocenters. The minimum Gasteiger partial charge on any atom is -0.313 e. The minimum atomic E-state index is 0. The summed E-state index contributed by atoms with van der Waals surface area (Å²) < 4.78 is 1.93. The highest BCUT2D eigenvalue weighted by atomic mass is 35.5. The Morgan fingerprint density at radius 1 is 1.37 bits per heavy atom. The van der Waals surface area contributed by atoms with E-state index in [4.69, 9.17) is 23.2 Å². The van der Waals surface area contributed by atoms with E-state index in [1.165, 1.54) is 5.57 Å². The molecule has 5 heteroatoms. The van der Waals surface area contributed by atoms with Crippen LogP contribution in [0.25, 0.3) is 11.8 Å². The third-order valence-corrected chi connectivity index (χ3v) is 3.17. The number of imidazole rings is 1. The Morgan fingerprint density at radius 2 is 2.16 bits per heavy atom. The van der Waals surface area contributed by atoms with Crippen molar-refractivity contribution in [1.82, 2.24) is 9.55 Å². The van der Waals surface area contributed by atoms with E-state index in [0.29, 0.717) is 10.0 Å². The zero-order chi connectivity index (χ0) is 13.0. The molecule has 2 rings (SSSR count). The molecule has 2 nitrogen and oxygen atoms in total. The summed E-state index contributed by atoms with van der Waals surface area (Å²) in [5, 5.41) is 1.34. The number of aromatic nitrogens is 2. The van der Waals surface area contributed by atoms with Crippen molar-refractivity contribution in [1.29, 1.82) is 0 Å². The van der Waals surface area contributed by atoms with Gasteiger partial charge < -0.3 is 4.57 Å². The molecule has 1 aromatic heterocycles. The van der Waals surface area contributed by atoms with Crippen LogP contribution in [0.5, 0.6) is 0 Å². The van der Waals surface area contributed by atoms with Crippen LogP contribution in [0.2, 0.25) is 10.0 Å². The van der Waals surface area contributed by atoms with Crippen LogP contribution >= 0.6 is 35.6 Å². The van der Waals surface area contributed by atoms with Crippen molar-refractivity contribution in [3.05, 3.63) is 52.5 Å². The molecule has 0 amide bonds. The molecule has 0 saturated heterocycles. The second kappa shape index (κ2) is 7.59. The minimum absolute atomic E-state index is 0. The van der Waals surface area contributed by atoms with Gasteiger partial charge in [-0.1, -0.05) is 42.6 Å². The Balaban J connectivity index is 0.00000180. The Hall–Kier alpha value is -0.960. The zero-order valence-corrected chi connectivity index (χ0v) is 12.8. The monoisotopic (exact) mass is 316 g/mol. The summed E-state index contributed by atoms with van der Waals surface area (Å²) >= 11 is 12.2. The van der Waals surface area contributed by atoms with Crippen molar-refractivity contribution < 1.29 is 0 Å². The molecular formula is C14H15Cl3N2. The summed E-state index contributed by atoms with van der Waals surface area (Å²) in [6.45, 7) is 2.14. The largest absolute Gasteiger partial charge is 0.313 e. The van der Waals surface area contributed by atoms with Crippen molar-refractivity contribution in [3.63, 3.8) is 0 Å². The number of hydrogen-bond acceptors (Lipinski definition) is 1. The molecule has 102 valence electrons. The molecule has 0 aliphatic rings. The van der Waals surface area contributed by atoms with E-state index in [-0.39, 0.29) is 12.4 Å². The van der Waals surface area contributed by atoms with Crippen LogP contribution in [0.1, 0.15) is 25.3 Å². The molecule has 0 spiro atoms. The average Bonchev–Trinajstić information content (AvgIpc) is 2.81. The number of nitrogens with zero attached hydrogens (tertiary/aromatic N) is 2. The van der Waals surface area contributed by atoms with Crippen molar-refractivity contribution >= 4 is 47.4 Å². The van der Waals surface area contributed by atoms with E-state index in [1.807, 2.05) is 29.1 Å². The lowest BCUT2D eigenvalue weighted by Crippen LogP contribution is -1.90. The van der Waals surface area contributed by atoms with Crippen LogP contribution in [-0.4, -0.2) is 9.55 Å². The quantitative estimate of drug-likeness (QED) is 0.737. The van der Waals surface area contributed by atoms with Gasteiger partial charge in [-0.05, 0) is 29.7 Å². The van der Waals surface area contributed by atoms with Crippen LogP contribution in [0.15, 0.2) is 36.9 Å². The van der Waals surface area contributed by atoms with Gasteiger partial charge in [0.1, 0.15) is 0 Å². The van der Waals surface area contributed by atoms with Crippen LogP contribution < -0.4 is 0 Å². The first-order chi connectivity index (χ1) is 8.70. The first-order valence-electron chi connectivity index (χ1n) is 5.84. The van der Waals surface area contributed by atoms with Crippen molar-refractivity contribution in [2.75, 3.05) is 0 Å². The molecule has 0 radical (unpaired) electrons. The molecule has 0 aliphatic heterocycles. The summed E-state index contributed by atoms with van der Waals surface area (Å²) in [5.74, 6) is 0. The van der Waals surface area contributed by atoms with E-state index in [9.17, 15) is 0 Å². The van der Waals surface area contributed by atoms with Gasteiger partial charge in [0, 0.05) is 28.6 Å². The Labute approximate surface area is 129 Å². The number of benzene rings is 1. The lowest BCUT2D eigenvalue weighted by Gasteiger charge is -2.09. The number of rotatable bonds is 4. The summed E-state index contributed by atoms with van der Waals surface area (Å²) in [6.07, 6.45) is 9.48. The predicted molar refractivity (Wildman–Crippen MR) is 85.0 cm³/mol. The first-order valence-corrected chi connectivity index (χ1v) is 6.60. The standard InChI is InChI=1S/C14H14Cl2N2.ClH/c1-2-3-11(9-18-7-6-17-10-18)13-5-4-12(15)8-14(13)16;/h4-10H,2-3H2,1H3;1H/b11-9+;. The summed E-state index contributed by atoms with van der Waals surface area (Å²) in [7, 11) is 0. The summed E-state index contributed by atoms with van der Waals surface area (Å²) in [4.78, 5) is 4.03. The van der Waals surface area contributed by atoms with Gasteiger partial charge in [-0.2, -0.15) is 0 Å². The fourth-order valence-electron chi connectivity index (χ4n) is 1.81. The van der Waals surface area contributed by atoms with Crippen molar-refractivity contribution in [2.24, 2.45) is 0 Å². The van der Waals surface area contributed by atoms with Crippen LogP contribution in [-0.2, 0) is 0 Å². The topological polar surface area (TPSA) is 17.8 Å². The molecule has 1 aromatic carbocycles. The van der Waals surface area contributed by atoms with Gasteiger partial charge in [-0.25, -0.2) is 4.98 Å². The van der Waals surface area contributed by atoms with E-state index in [2.05, 4.69) is 11.9 Å². The number of allylic oxidation sites excluding steroid dienone is 1. The molecule has 0 unspecified atom stereocenters. The molecule has 0 bridgehead atoms. The molecule has 0 fully saturated rings. The molecule has 2 aromatic rings. The smallest absolute Gasteiger partial charge is 0.0986 e. The SMILES string of the molecule is CCC/C(=C\n1ccnc1)c1ccc(Cl)cc1Cl.Cl. The van der Waals surface area contributed by atoms with Gasteiger partial charge in [-0.15, -0.1) is 12.4 Å². The van der Waals surface area contributed by atoms with Gasteiger partial charge in [0.2, 0.25) is 0 Å². The maximum absolute atomic E-state index is 6.25. The normalized spacial score (nSPS) is 11.2. The zero-order valence-electron chi connectivity index (χ0n) is 10.5. The highest BCUT2D eigenvalue weighted by molar-refractivity contribution is 6.35. The molecule has 0 saturated carbocycles. The predicted octanol–water partition coefficient (Wildman–Crippen LogP) is 5.41. The number of hydrogen-bond donors (Lipinski definition) is 0. The second-order valence-electron chi connectivity index (χ2n) is 4.04. The maximum atomic E-state index is 6.25. The molecule has 1 heterocycles. The van der Waals surface area contributed by atoms with Crippen LogP contribution in [0, 0.1) is 0 Å². The van der Waals surface area contributed by atoms with Gasteiger partial charge in [0.15, 0.2) is 0 Å². The second-order valence-corrected chi connectivity index (χ2v) is 4.88. The van der Waals surface area contributed by atoms with Crippen LogP contribution in [0.4, 0.5) is 0 Å². The Kier molecular flexibility index (Phi) is 6.43. The molecular weight excluding hydrogens is 303 g/mol. The van der Waals surface area contributed by atoms with Gasteiger partial charge in [0.25, 0.3) is 0 Å². The van der Waals surface area contributed by atoms with E-state index >= 15 is 0 Å². The van der Waals surface area contributed by atoms with Crippen molar-refractivity contribution in [2.45, 2.75) is 19.8 Å². The van der Waals surface area contributed by atoms with Crippen molar-refractivity contribution in [3.8, 4) is 0 Å². The Morgan fingerprint density at radius 3 is 2.74 bits per heavy atom. The molecule has 0 aliphatic carbocycles. The van der Waals surface area contributed by atoms with Gasteiger partial charge >= 0.3 is 0 Å². The van der Waals surface area contributed by atoms with Gasteiger partial charge in [0.05, 0.1) is 6.33 Å². The van der Waals surface area contributed by atoms with E-state index in [1.54, 1.807) is 18.6 Å². The maximum Gasteiger partial charge on any atom is 0.0986 e. The highest BCUT2D eigenvalue weighted by Gasteiger charge is 2.07. The highest BCUT2D eigenvalue weighted by Crippen LogP contribution is 2.30. The van der Waals surface area contributed by atoms with E-state index in [0.717, 1.165) is 18.4 Å². The lowest BCUT2D eigenvalue weighted by atomic mass is 10.0.